The Morgan fingerprint density at radius 3 is 2.37 bits per heavy atom. The van der Waals surface area contributed by atoms with Gasteiger partial charge in [-0.3, -0.25) is 14.5 Å². The van der Waals surface area contributed by atoms with E-state index in [2.05, 4.69) is 10.2 Å². The molecule has 0 radical (unpaired) electrons. The van der Waals surface area contributed by atoms with Gasteiger partial charge in [0.05, 0.1) is 5.92 Å². The van der Waals surface area contributed by atoms with Crippen LogP contribution in [0.4, 0.5) is 5.69 Å². The van der Waals surface area contributed by atoms with Crippen LogP contribution >= 0.6 is 0 Å². The molecule has 1 aliphatic rings. The number of nitrogens with one attached hydrogen (secondary N) is 1. The molecule has 3 rings (SSSR count). The number of hydrogen-bond acceptors (Lipinski definition) is 3. The van der Waals surface area contributed by atoms with E-state index in [9.17, 15) is 9.59 Å². The van der Waals surface area contributed by atoms with Crippen LogP contribution in [0, 0.1) is 19.8 Å². The molecule has 1 aliphatic heterocycles. The third-order valence-electron chi connectivity index (χ3n) is 5.01. The van der Waals surface area contributed by atoms with Gasteiger partial charge < -0.3 is 10.4 Å². The predicted octanol–water partition coefficient (Wildman–Crippen LogP) is 3.85. The molecule has 0 aromatic heterocycles. The minimum Gasteiger partial charge on any atom is -0.481 e. The van der Waals surface area contributed by atoms with Crippen molar-refractivity contribution in [3.8, 4) is 0 Å². The van der Waals surface area contributed by atoms with Crippen molar-refractivity contribution < 1.29 is 14.7 Å². The molecule has 5 nitrogen and oxygen atoms in total. The summed E-state index contributed by atoms with van der Waals surface area (Å²) in [5, 5.41) is 12.1. The van der Waals surface area contributed by atoms with Crippen LogP contribution in [0.25, 0.3) is 0 Å². The van der Waals surface area contributed by atoms with Crippen LogP contribution in [-0.4, -0.2) is 35.0 Å². The first kappa shape index (κ1) is 19.1. The van der Waals surface area contributed by atoms with E-state index in [4.69, 9.17) is 5.11 Å². The summed E-state index contributed by atoms with van der Waals surface area (Å²) in [6.07, 6.45) is 1.39. The highest BCUT2D eigenvalue weighted by molar-refractivity contribution is 6.04. The third kappa shape index (κ3) is 5.17. The molecule has 1 amide bonds. The van der Waals surface area contributed by atoms with E-state index < -0.39 is 5.97 Å². The van der Waals surface area contributed by atoms with Crippen molar-refractivity contribution in [1.29, 1.82) is 0 Å². The fourth-order valence-electron chi connectivity index (χ4n) is 3.65. The molecule has 0 bridgehead atoms. The molecule has 2 N–H and O–H groups in total. The van der Waals surface area contributed by atoms with Crippen LogP contribution in [0.15, 0.2) is 42.5 Å². The molecule has 142 valence electrons. The number of carbonyl (C=O) groups excluding carboxylic acids is 1. The molecule has 5 heteroatoms. The van der Waals surface area contributed by atoms with E-state index in [1.165, 1.54) is 0 Å². The zero-order valence-electron chi connectivity index (χ0n) is 15.9. The number of aryl methyl sites for hydroxylation is 2. The fourth-order valence-corrected chi connectivity index (χ4v) is 3.65. The van der Waals surface area contributed by atoms with Gasteiger partial charge in [-0.05, 0) is 69.6 Å². The lowest BCUT2D eigenvalue weighted by Gasteiger charge is -2.30. The lowest BCUT2D eigenvalue weighted by atomic mass is 9.97. The summed E-state index contributed by atoms with van der Waals surface area (Å²) < 4.78 is 0. The molecule has 0 saturated carbocycles. The van der Waals surface area contributed by atoms with Gasteiger partial charge in [0, 0.05) is 17.8 Å². The number of nitrogens with zero attached hydrogens (tertiary/aromatic N) is 1. The maximum absolute atomic E-state index is 12.5. The average Bonchev–Trinajstić information content (AvgIpc) is 2.61. The first-order valence-corrected chi connectivity index (χ1v) is 9.34. The molecular formula is C22H26N2O3. The normalized spacial score (nSPS) is 15.5. The molecule has 0 spiro atoms. The monoisotopic (exact) mass is 366 g/mol. The number of amides is 1. The molecule has 27 heavy (non-hydrogen) atoms. The Kier molecular flexibility index (Phi) is 5.91. The highest BCUT2D eigenvalue weighted by Crippen LogP contribution is 2.21. The number of hydrogen-bond donors (Lipinski definition) is 2. The highest BCUT2D eigenvalue weighted by Gasteiger charge is 2.24. The molecule has 2 aromatic carbocycles. The number of carbonyl (C=O) groups is 2. The zero-order chi connectivity index (χ0) is 19.4. The Labute approximate surface area is 160 Å². The topological polar surface area (TPSA) is 69.6 Å². The molecule has 2 aromatic rings. The van der Waals surface area contributed by atoms with E-state index in [1.807, 2.05) is 56.3 Å². The second-order valence-electron chi connectivity index (χ2n) is 7.42. The van der Waals surface area contributed by atoms with E-state index in [1.54, 1.807) is 0 Å². The van der Waals surface area contributed by atoms with E-state index in [0.29, 0.717) is 18.4 Å². The van der Waals surface area contributed by atoms with Gasteiger partial charge in [0.25, 0.3) is 5.91 Å². The number of anilines is 1. The number of likely N-dealkylation sites (tertiary alicyclic amines) is 1. The summed E-state index contributed by atoms with van der Waals surface area (Å²) in [5.74, 6) is -1.02. The summed E-state index contributed by atoms with van der Waals surface area (Å²) in [6.45, 7) is 6.31. The van der Waals surface area contributed by atoms with E-state index >= 15 is 0 Å². The van der Waals surface area contributed by atoms with Crippen molar-refractivity contribution in [1.82, 2.24) is 4.90 Å². The molecule has 1 heterocycles. The number of rotatable bonds is 5. The van der Waals surface area contributed by atoms with Crippen LogP contribution in [0.5, 0.6) is 0 Å². The molecule has 1 fully saturated rings. The van der Waals surface area contributed by atoms with Gasteiger partial charge in [-0.2, -0.15) is 0 Å². The van der Waals surface area contributed by atoms with Gasteiger partial charge in [-0.15, -0.1) is 0 Å². The van der Waals surface area contributed by atoms with Crippen molar-refractivity contribution in [3.63, 3.8) is 0 Å². The summed E-state index contributed by atoms with van der Waals surface area (Å²) in [6, 6.07) is 13.7. The van der Waals surface area contributed by atoms with Gasteiger partial charge in [0.2, 0.25) is 0 Å². The summed E-state index contributed by atoms with van der Waals surface area (Å²) in [5.41, 5.74) is 4.69. The van der Waals surface area contributed by atoms with Crippen LogP contribution in [0.2, 0.25) is 0 Å². The van der Waals surface area contributed by atoms with Crippen molar-refractivity contribution in [3.05, 3.63) is 64.7 Å². The molecule has 1 saturated heterocycles. The number of benzene rings is 2. The number of piperidine rings is 1. The maximum atomic E-state index is 12.5. The second kappa shape index (κ2) is 8.35. The molecule has 0 atom stereocenters. The first-order chi connectivity index (χ1) is 12.9. The van der Waals surface area contributed by atoms with Gasteiger partial charge in [0.1, 0.15) is 0 Å². The summed E-state index contributed by atoms with van der Waals surface area (Å²) in [4.78, 5) is 25.9. The average molecular weight is 366 g/mol. The van der Waals surface area contributed by atoms with Crippen molar-refractivity contribution in [2.75, 3.05) is 18.4 Å². The quantitative estimate of drug-likeness (QED) is 0.843. The zero-order valence-corrected chi connectivity index (χ0v) is 15.9. The number of carboxylic acids is 1. The predicted molar refractivity (Wildman–Crippen MR) is 106 cm³/mol. The standard InChI is InChI=1S/C22H26N2O3/c1-15-10-16(2)12-19(11-15)21(25)23-20-5-3-4-17(13-20)14-24-8-6-18(7-9-24)22(26)27/h3-5,10-13,18H,6-9,14H2,1-2H3,(H,23,25)(H,26,27). The van der Waals surface area contributed by atoms with Gasteiger partial charge in [0.15, 0.2) is 0 Å². The molecular weight excluding hydrogens is 340 g/mol. The smallest absolute Gasteiger partial charge is 0.306 e. The Hall–Kier alpha value is -2.66. The van der Waals surface area contributed by atoms with Crippen LogP contribution in [0.3, 0.4) is 0 Å². The van der Waals surface area contributed by atoms with Crippen LogP contribution in [-0.2, 0) is 11.3 Å². The summed E-state index contributed by atoms with van der Waals surface area (Å²) >= 11 is 0. The van der Waals surface area contributed by atoms with E-state index in [0.717, 1.165) is 42.0 Å². The Bertz CT molecular complexity index is 819. The third-order valence-corrected chi connectivity index (χ3v) is 5.01. The van der Waals surface area contributed by atoms with Crippen molar-refractivity contribution in [2.45, 2.75) is 33.2 Å². The minimum absolute atomic E-state index is 0.110. The fraction of sp³-hybridized carbons (Fsp3) is 0.364. The Morgan fingerprint density at radius 2 is 1.74 bits per heavy atom. The van der Waals surface area contributed by atoms with Crippen LogP contribution in [0.1, 0.15) is 39.9 Å². The van der Waals surface area contributed by atoms with Crippen molar-refractivity contribution in [2.24, 2.45) is 5.92 Å². The maximum Gasteiger partial charge on any atom is 0.306 e. The molecule has 0 unspecified atom stereocenters. The molecule has 0 aliphatic carbocycles. The second-order valence-corrected chi connectivity index (χ2v) is 7.42. The van der Waals surface area contributed by atoms with Gasteiger partial charge >= 0.3 is 5.97 Å². The lowest BCUT2D eigenvalue weighted by Crippen LogP contribution is -2.35. The van der Waals surface area contributed by atoms with Gasteiger partial charge in [-0.1, -0.05) is 29.3 Å². The first-order valence-electron chi connectivity index (χ1n) is 9.34. The van der Waals surface area contributed by atoms with Gasteiger partial charge in [-0.25, -0.2) is 0 Å². The lowest BCUT2D eigenvalue weighted by molar-refractivity contribution is -0.143. The highest BCUT2D eigenvalue weighted by atomic mass is 16.4. The number of carboxylic acid groups (broad SMARTS) is 1. The van der Waals surface area contributed by atoms with E-state index in [-0.39, 0.29) is 11.8 Å². The van der Waals surface area contributed by atoms with Crippen molar-refractivity contribution >= 4 is 17.6 Å². The minimum atomic E-state index is -0.689. The Balaban J connectivity index is 1.62. The Morgan fingerprint density at radius 1 is 1.07 bits per heavy atom. The number of aliphatic carboxylic acids is 1. The van der Waals surface area contributed by atoms with Crippen LogP contribution < -0.4 is 5.32 Å². The SMILES string of the molecule is Cc1cc(C)cc(C(=O)Nc2cccc(CN3CCC(C(=O)O)CC3)c2)c1. The summed E-state index contributed by atoms with van der Waals surface area (Å²) in [7, 11) is 0. The largest absolute Gasteiger partial charge is 0.481 e.